The summed E-state index contributed by atoms with van der Waals surface area (Å²) in [5.41, 5.74) is 1.92. The van der Waals surface area contributed by atoms with E-state index >= 15 is 0 Å². The van der Waals surface area contributed by atoms with Crippen LogP contribution in [0.1, 0.15) is 44.1 Å². The van der Waals surface area contributed by atoms with E-state index in [0.29, 0.717) is 5.54 Å². The predicted molar refractivity (Wildman–Crippen MR) is 85.0 cm³/mol. The molecule has 3 aliphatic rings. The highest BCUT2D eigenvalue weighted by atomic mass is 15.3. The van der Waals surface area contributed by atoms with E-state index in [0.717, 1.165) is 12.5 Å². The van der Waals surface area contributed by atoms with Crippen LogP contribution < -0.4 is 0 Å². The average Bonchev–Trinajstić information content (AvgIpc) is 3.26. The number of rotatable bonds is 4. The van der Waals surface area contributed by atoms with E-state index in [4.69, 9.17) is 0 Å². The largest absolute Gasteiger partial charge is 0.299 e. The highest BCUT2D eigenvalue weighted by molar-refractivity contribution is 5.09. The van der Waals surface area contributed by atoms with Crippen LogP contribution in [-0.4, -0.2) is 46.5 Å². The molecule has 0 unspecified atom stereocenters. The van der Waals surface area contributed by atoms with Gasteiger partial charge in [0.15, 0.2) is 0 Å². The number of pyridine rings is 1. The van der Waals surface area contributed by atoms with Crippen LogP contribution >= 0.6 is 0 Å². The highest BCUT2D eigenvalue weighted by Crippen LogP contribution is 2.41. The Bertz CT molecular complexity index is 461. The Morgan fingerprint density at radius 3 is 2.71 bits per heavy atom. The fourth-order valence-corrected chi connectivity index (χ4v) is 4.33. The van der Waals surface area contributed by atoms with Crippen molar-refractivity contribution in [3.63, 3.8) is 0 Å². The molecule has 0 radical (unpaired) electrons. The molecule has 0 aromatic carbocycles. The zero-order valence-electron chi connectivity index (χ0n) is 13.0. The summed E-state index contributed by atoms with van der Waals surface area (Å²) in [6.45, 7) is 6.35. The lowest BCUT2D eigenvalue weighted by Crippen LogP contribution is -2.52. The lowest BCUT2D eigenvalue weighted by molar-refractivity contribution is 0.0471. The van der Waals surface area contributed by atoms with Crippen molar-refractivity contribution in [2.45, 2.75) is 50.6 Å². The number of hydrogen-bond donors (Lipinski definition) is 0. The third-order valence-electron chi connectivity index (χ3n) is 5.83. The summed E-state index contributed by atoms with van der Waals surface area (Å²) in [6.07, 6.45) is 12.5. The Morgan fingerprint density at radius 1 is 1.14 bits per heavy atom. The summed E-state index contributed by atoms with van der Waals surface area (Å²) < 4.78 is 0. The summed E-state index contributed by atoms with van der Waals surface area (Å²) >= 11 is 0. The van der Waals surface area contributed by atoms with Crippen molar-refractivity contribution in [1.82, 2.24) is 14.8 Å². The highest BCUT2D eigenvalue weighted by Gasteiger charge is 2.44. The third kappa shape index (κ3) is 3.00. The fourth-order valence-electron chi connectivity index (χ4n) is 4.33. The molecule has 1 saturated carbocycles. The van der Waals surface area contributed by atoms with Gasteiger partial charge in [-0.2, -0.15) is 0 Å². The van der Waals surface area contributed by atoms with E-state index in [1.807, 2.05) is 12.4 Å². The topological polar surface area (TPSA) is 19.4 Å². The van der Waals surface area contributed by atoms with E-state index in [-0.39, 0.29) is 0 Å². The number of aromatic nitrogens is 1. The van der Waals surface area contributed by atoms with Gasteiger partial charge in [0.2, 0.25) is 0 Å². The smallest absolute Gasteiger partial charge is 0.0312 e. The third-order valence-corrected chi connectivity index (χ3v) is 5.83. The van der Waals surface area contributed by atoms with Crippen LogP contribution in [0.25, 0.3) is 0 Å². The molecule has 4 rings (SSSR count). The molecule has 0 N–H and O–H groups in total. The maximum absolute atomic E-state index is 4.24. The van der Waals surface area contributed by atoms with Crippen molar-refractivity contribution >= 4 is 0 Å². The van der Waals surface area contributed by atoms with Crippen LogP contribution in [-0.2, 0) is 6.54 Å². The first-order valence-electron chi connectivity index (χ1n) is 8.70. The van der Waals surface area contributed by atoms with Crippen LogP contribution in [0.3, 0.4) is 0 Å². The first-order chi connectivity index (χ1) is 10.3. The fraction of sp³-hybridized carbons (Fsp3) is 0.722. The van der Waals surface area contributed by atoms with E-state index in [1.54, 1.807) is 0 Å². The molecule has 0 amide bonds. The number of piperidine rings is 1. The zero-order valence-corrected chi connectivity index (χ0v) is 13.0. The van der Waals surface area contributed by atoms with Gasteiger partial charge in [-0.05, 0) is 62.6 Å². The van der Waals surface area contributed by atoms with Gasteiger partial charge in [0, 0.05) is 44.1 Å². The Morgan fingerprint density at radius 2 is 2.00 bits per heavy atom. The van der Waals surface area contributed by atoms with Gasteiger partial charge in [0.25, 0.3) is 0 Å². The molecular formula is C18H27N3. The van der Waals surface area contributed by atoms with Crippen molar-refractivity contribution in [2.24, 2.45) is 5.92 Å². The molecule has 2 aliphatic heterocycles. The molecule has 1 aromatic rings. The number of likely N-dealkylation sites (tertiary alicyclic amines) is 2. The van der Waals surface area contributed by atoms with E-state index in [1.165, 1.54) is 70.3 Å². The molecule has 0 atom stereocenters. The van der Waals surface area contributed by atoms with E-state index < -0.39 is 0 Å². The van der Waals surface area contributed by atoms with Gasteiger partial charge in [-0.1, -0.05) is 6.07 Å². The molecule has 3 heterocycles. The first-order valence-corrected chi connectivity index (χ1v) is 8.70. The molecule has 2 saturated heterocycles. The van der Waals surface area contributed by atoms with E-state index in [2.05, 4.69) is 26.9 Å². The van der Waals surface area contributed by atoms with E-state index in [9.17, 15) is 0 Å². The number of nitrogens with zero attached hydrogens (tertiary/aromatic N) is 3. The van der Waals surface area contributed by atoms with Gasteiger partial charge in [-0.25, -0.2) is 0 Å². The van der Waals surface area contributed by atoms with Gasteiger partial charge in [0.1, 0.15) is 0 Å². The Kier molecular flexibility index (Phi) is 3.72. The SMILES string of the molecule is c1cncc(CN2CCC3(CCCN3CC3CC3)CC2)c1. The van der Waals surface area contributed by atoms with Crippen molar-refractivity contribution < 1.29 is 0 Å². The zero-order chi connectivity index (χ0) is 14.1. The van der Waals surface area contributed by atoms with Gasteiger partial charge < -0.3 is 0 Å². The molecule has 21 heavy (non-hydrogen) atoms. The van der Waals surface area contributed by atoms with Crippen LogP contribution in [0.4, 0.5) is 0 Å². The summed E-state index contributed by atoms with van der Waals surface area (Å²) in [7, 11) is 0. The minimum atomic E-state index is 0.564. The maximum Gasteiger partial charge on any atom is 0.0312 e. The van der Waals surface area contributed by atoms with Gasteiger partial charge in [0.05, 0.1) is 0 Å². The van der Waals surface area contributed by atoms with Gasteiger partial charge in [-0.3, -0.25) is 14.8 Å². The van der Waals surface area contributed by atoms with Crippen LogP contribution in [0.2, 0.25) is 0 Å². The maximum atomic E-state index is 4.24. The monoisotopic (exact) mass is 285 g/mol. The molecule has 1 spiro atoms. The lowest BCUT2D eigenvalue weighted by atomic mass is 9.84. The summed E-state index contributed by atoms with van der Waals surface area (Å²) in [4.78, 5) is 9.73. The standard InChI is InChI=1S/C18H27N3/c1-3-17(13-19-9-1)14-20-11-7-18(8-12-20)6-2-10-21(18)15-16-4-5-16/h1,3,9,13,16H,2,4-8,10-12,14-15H2. The first kappa shape index (κ1) is 13.7. The second kappa shape index (κ2) is 5.69. The second-order valence-electron chi connectivity index (χ2n) is 7.35. The van der Waals surface area contributed by atoms with Gasteiger partial charge in [-0.15, -0.1) is 0 Å². The predicted octanol–water partition coefficient (Wildman–Crippen LogP) is 2.92. The molecular weight excluding hydrogens is 258 g/mol. The normalized spacial score (nSPS) is 26.5. The molecule has 3 fully saturated rings. The second-order valence-corrected chi connectivity index (χ2v) is 7.35. The number of hydrogen-bond acceptors (Lipinski definition) is 3. The average molecular weight is 285 g/mol. The summed E-state index contributed by atoms with van der Waals surface area (Å²) in [5.74, 6) is 1.04. The van der Waals surface area contributed by atoms with Crippen molar-refractivity contribution in [2.75, 3.05) is 26.2 Å². The minimum Gasteiger partial charge on any atom is -0.299 e. The molecule has 1 aromatic heterocycles. The molecule has 1 aliphatic carbocycles. The van der Waals surface area contributed by atoms with Crippen molar-refractivity contribution in [3.8, 4) is 0 Å². The Hall–Kier alpha value is -0.930. The van der Waals surface area contributed by atoms with Crippen LogP contribution in [0.5, 0.6) is 0 Å². The van der Waals surface area contributed by atoms with Crippen molar-refractivity contribution in [1.29, 1.82) is 0 Å². The van der Waals surface area contributed by atoms with Crippen LogP contribution in [0, 0.1) is 5.92 Å². The molecule has 114 valence electrons. The van der Waals surface area contributed by atoms with Crippen molar-refractivity contribution in [3.05, 3.63) is 30.1 Å². The van der Waals surface area contributed by atoms with Crippen LogP contribution in [0.15, 0.2) is 24.5 Å². The Balaban J connectivity index is 1.35. The minimum absolute atomic E-state index is 0.564. The Labute approximate surface area is 128 Å². The summed E-state index contributed by atoms with van der Waals surface area (Å²) in [6, 6.07) is 4.25. The molecule has 3 nitrogen and oxygen atoms in total. The lowest BCUT2D eigenvalue weighted by Gasteiger charge is -2.45. The molecule has 0 bridgehead atoms. The van der Waals surface area contributed by atoms with Gasteiger partial charge >= 0.3 is 0 Å². The molecule has 3 heteroatoms. The summed E-state index contributed by atoms with van der Waals surface area (Å²) in [5, 5.41) is 0. The quantitative estimate of drug-likeness (QED) is 0.848.